The molecule has 0 radical (unpaired) electrons. The number of rotatable bonds is 3. The number of anilines is 1. The second kappa shape index (κ2) is 6.04. The van der Waals surface area contributed by atoms with Crippen molar-refractivity contribution in [2.45, 2.75) is 19.4 Å². The third kappa shape index (κ3) is 3.05. The molecule has 1 heterocycles. The fraction of sp³-hybridized carbons (Fsp3) is 0.571. The van der Waals surface area contributed by atoms with Crippen LogP contribution in [-0.4, -0.2) is 44.2 Å². The minimum absolute atomic E-state index is 0.573. The average molecular weight is 312 g/mol. The van der Waals surface area contributed by atoms with Crippen LogP contribution in [0, 0.1) is 6.92 Å². The fourth-order valence-corrected chi connectivity index (χ4v) is 2.83. The highest BCUT2D eigenvalue weighted by Gasteiger charge is 2.23. The van der Waals surface area contributed by atoms with E-state index in [0.29, 0.717) is 6.04 Å². The van der Waals surface area contributed by atoms with E-state index in [4.69, 9.17) is 5.73 Å². The minimum atomic E-state index is 0.573. The van der Waals surface area contributed by atoms with Crippen LogP contribution in [0.5, 0.6) is 0 Å². The summed E-state index contributed by atoms with van der Waals surface area (Å²) in [6, 6.07) is 7.18. The summed E-state index contributed by atoms with van der Waals surface area (Å²) >= 11 is 3.61. The van der Waals surface area contributed by atoms with E-state index in [2.05, 4.69) is 57.9 Å². The quantitative estimate of drug-likeness (QED) is 0.929. The molecule has 2 rings (SSSR count). The van der Waals surface area contributed by atoms with Crippen molar-refractivity contribution in [1.82, 2.24) is 4.90 Å². The maximum absolute atomic E-state index is 5.70. The zero-order chi connectivity index (χ0) is 13.1. The Morgan fingerprint density at radius 3 is 2.83 bits per heavy atom. The lowest BCUT2D eigenvalue weighted by Gasteiger charge is -2.40. The summed E-state index contributed by atoms with van der Waals surface area (Å²) in [5.41, 5.74) is 8.29. The summed E-state index contributed by atoms with van der Waals surface area (Å²) in [5, 5.41) is 0. The lowest BCUT2D eigenvalue weighted by molar-refractivity contribution is 0.210. The number of likely N-dealkylation sites (N-methyl/N-ethyl adjacent to an activating group) is 1. The van der Waals surface area contributed by atoms with Gasteiger partial charge in [-0.3, -0.25) is 4.90 Å². The van der Waals surface area contributed by atoms with Gasteiger partial charge in [0.15, 0.2) is 0 Å². The zero-order valence-corrected chi connectivity index (χ0v) is 12.8. The SMILES string of the molecule is Cc1ccc(N2CCN(C)C(CCN)C2)cc1Br. The molecule has 1 aromatic rings. The van der Waals surface area contributed by atoms with Gasteiger partial charge in [-0.05, 0) is 44.6 Å². The Bertz CT molecular complexity index is 408. The van der Waals surface area contributed by atoms with Crippen molar-refractivity contribution in [1.29, 1.82) is 0 Å². The Morgan fingerprint density at radius 1 is 1.39 bits per heavy atom. The molecule has 18 heavy (non-hydrogen) atoms. The second-order valence-electron chi connectivity index (χ2n) is 5.09. The van der Waals surface area contributed by atoms with Gasteiger partial charge in [0.1, 0.15) is 0 Å². The molecule has 1 unspecified atom stereocenters. The number of piperazine rings is 1. The predicted molar refractivity (Wildman–Crippen MR) is 81.2 cm³/mol. The van der Waals surface area contributed by atoms with Gasteiger partial charge in [-0.1, -0.05) is 22.0 Å². The van der Waals surface area contributed by atoms with E-state index in [1.54, 1.807) is 0 Å². The molecular formula is C14H22BrN3. The Morgan fingerprint density at radius 2 is 2.17 bits per heavy atom. The maximum atomic E-state index is 5.70. The van der Waals surface area contributed by atoms with Crippen molar-refractivity contribution in [3.05, 3.63) is 28.2 Å². The monoisotopic (exact) mass is 311 g/mol. The van der Waals surface area contributed by atoms with Gasteiger partial charge >= 0.3 is 0 Å². The highest BCUT2D eigenvalue weighted by Crippen LogP contribution is 2.25. The van der Waals surface area contributed by atoms with Gasteiger partial charge in [0.05, 0.1) is 0 Å². The fourth-order valence-electron chi connectivity index (χ4n) is 2.46. The van der Waals surface area contributed by atoms with Crippen LogP contribution in [0.15, 0.2) is 22.7 Å². The first-order valence-electron chi connectivity index (χ1n) is 6.53. The van der Waals surface area contributed by atoms with Crippen LogP contribution in [-0.2, 0) is 0 Å². The van der Waals surface area contributed by atoms with E-state index in [-0.39, 0.29) is 0 Å². The van der Waals surface area contributed by atoms with Crippen LogP contribution >= 0.6 is 15.9 Å². The summed E-state index contributed by atoms with van der Waals surface area (Å²) < 4.78 is 1.19. The molecule has 0 aliphatic carbocycles. The summed E-state index contributed by atoms with van der Waals surface area (Å²) in [6.45, 7) is 6.15. The van der Waals surface area contributed by atoms with Crippen molar-refractivity contribution >= 4 is 21.6 Å². The number of benzene rings is 1. The first-order valence-corrected chi connectivity index (χ1v) is 7.32. The highest BCUT2D eigenvalue weighted by molar-refractivity contribution is 9.10. The molecular weight excluding hydrogens is 290 g/mol. The maximum Gasteiger partial charge on any atom is 0.0378 e. The first-order chi connectivity index (χ1) is 8.61. The molecule has 2 N–H and O–H groups in total. The van der Waals surface area contributed by atoms with Crippen molar-refractivity contribution < 1.29 is 0 Å². The van der Waals surface area contributed by atoms with Gasteiger partial charge in [-0.2, -0.15) is 0 Å². The van der Waals surface area contributed by atoms with Gasteiger partial charge < -0.3 is 10.6 Å². The van der Waals surface area contributed by atoms with Crippen LogP contribution in [0.1, 0.15) is 12.0 Å². The van der Waals surface area contributed by atoms with E-state index in [9.17, 15) is 0 Å². The van der Waals surface area contributed by atoms with Gasteiger partial charge in [0, 0.05) is 35.8 Å². The van der Waals surface area contributed by atoms with Crippen molar-refractivity contribution in [2.24, 2.45) is 5.73 Å². The van der Waals surface area contributed by atoms with Gasteiger partial charge in [-0.15, -0.1) is 0 Å². The number of nitrogens with zero attached hydrogens (tertiary/aromatic N) is 2. The van der Waals surface area contributed by atoms with E-state index in [1.165, 1.54) is 15.7 Å². The van der Waals surface area contributed by atoms with E-state index in [1.807, 2.05) is 0 Å². The molecule has 4 heteroatoms. The lowest BCUT2D eigenvalue weighted by atomic mass is 10.1. The average Bonchev–Trinajstić information content (AvgIpc) is 2.36. The summed E-state index contributed by atoms with van der Waals surface area (Å²) in [7, 11) is 2.20. The third-order valence-electron chi connectivity index (χ3n) is 3.80. The van der Waals surface area contributed by atoms with E-state index < -0.39 is 0 Å². The molecule has 100 valence electrons. The number of nitrogens with two attached hydrogens (primary N) is 1. The molecule has 0 aromatic heterocycles. The molecule has 0 bridgehead atoms. The summed E-state index contributed by atoms with van der Waals surface area (Å²) in [4.78, 5) is 4.89. The molecule has 3 nitrogen and oxygen atoms in total. The van der Waals surface area contributed by atoms with Crippen molar-refractivity contribution in [3.63, 3.8) is 0 Å². The summed E-state index contributed by atoms with van der Waals surface area (Å²) in [5.74, 6) is 0. The standard InChI is InChI=1S/C14H22BrN3/c1-11-3-4-12(9-14(11)15)18-8-7-17(2)13(10-18)5-6-16/h3-4,9,13H,5-8,10,16H2,1-2H3. The van der Waals surface area contributed by atoms with Crippen LogP contribution in [0.25, 0.3) is 0 Å². The number of hydrogen-bond donors (Lipinski definition) is 1. The van der Waals surface area contributed by atoms with Crippen molar-refractivity contribution in [3.8, 4) is 0 Å². The highest BCUT2D eigenvalue weighted by atomic mass is 79.9. The molecule has 1 saturated heterocycles. The Balaban J connectivity index is 2.11. The van der Waals surface area contributed by atoms with Crippen molar-refractivity contribution in [2.75, 3.05) is 38.1 Å². The third-order valence-corrected chi connectivity index (χ3v) is 4.65. The Kier molecular flexibility index (Phi) is 4.65. The molecule has 1 aliphatic heterocycles. The second-order valence-corrected chi connectivity index (χ2v) is 5.95. The van der Waals surface area contributed by atoms with Crippen LogP contribution in [0.2, 0.25) is 0 Å². The first kappa shape index (κ1) is 13.8. The lowest BCUT2D eigenvalue weighted by Crippen LogP contribution is -2.52. The van der Waals surface area contributed by atoms with Crippen LogP contribution in [0.4, 0.5) is 5.69 Å². The molecule has 1 aliphatic rings. The molecule has 1 aromatic carbocycles. The smallest absolute Gasteiger partial charge is 0.0378 e. The topological polar surface area (TPSA) is 32.5 Å². The molecule has 0 saturated carbocycles. The van der Waals surface area contributed by atoms with Crippen LogP contribution < -0.4 is 10.6 Å². The number of hydrogen-bond acceptors (Lipinski definition) is 3. The van der Waals surface area contributed by atoms with Gasteiger partial charge in [0.2, 0.25) is 0 Å². The minimum Gasteiger partial charge on any atom is -0.369 e. The van der Waals surface area contributed by atoms with Gasteiger partial charge in [0.25, 0.3) is 0 Å². The molecule has 0 amide bonds. The van der Waals surface area contributed by atoms with E-state index in [0.717, 1.165) is 32.6 Å². The van der Waals surface area contributed by atoms with Crippen LogP contribution in [0.3, 0.4) is 0 Å². The molecule has 1 atom stereocenters. The zero-order valence-electron chi connectivity index (χ0n) is 11.2. The largest absolute Gasteiger partial charge is 0.369 e. The summed E-state index contributed by atoms with van der Waals surface area (Å²) in [6.07, 6.45) is 1.07. The number of aryl methyl sites for hydroxylation is 1. The normalized spacial score (nSPS) is 21.3. The number of halogens is 1. The Hall–Kier alpha value is -0.580. The predicted octanol–water partition coefficient (Wildman–Crippen LogP) is 2.23. The van der Waals surface area contributed by atoms with Gasteiger partial charge in [-0.25, -0.2) is 0 Å². The van der Waals surface area contributed by atoms with E-state index >= 15 is 0 Å². The molecule has 1 fully saturated rings. The Labute approximate surface area is 118 Å². The molecule has 0 spiro atoms.